The lowest BCUT2D eigenvalue weighted by Gasteiger charge is -2.28. The van der Waals surface area contributed by atoms with Gasteiger partial charge in [-0.1, -0.05) is 19.3 Å². The molecule has 0 aromatic rings. The number of primary amides is 1. The van der Waals surface area contributed by atoms with Crippen LogP contribution >= 0.6 is 12.4 Å². The summed E-state index contributed by atoms with van der Waals surface area (Å²) in [5.74, 6) is -0.563. The van der Waals surface area contributed by atoms with E-state index in [1.807, 2.05) is 0 Å². The molecular weight excluding hydrogens is 166 g/mol. The highest BCUT2D eigenvalue weighted by molar-refractivity contribution is 5.85. The molecule has 1 rings (SSSR count). The molecule has 1 saturated carbocycles. The summed E-state index contributed by atoms with van der Waals surface area (Å²) in [6.45, 7) is 0. The molecule has 0 aliphatic heterocycles. The fraction of sp³-hybridized carbons (Fsp3) is 0.857. The van der Waals surface area contributed by atoms with Crippen LogP contribution in [0.1, 0.15) is 32.1 Å². The van der Waals surface area contributed by atoms with Crippen molar-refractivity contribution in [1.29, 1.82) is 0 Å². The van der Waals surface area contributed by atoms with Gasteiger partial charge >= 0.3 is 0 Å². The summed E-state index contributed by atoms with van der Waals surface area (Å²) in [5, 5.41) is 9.47. The Kier molecular flexibility index (Phi) is 3.83. The molecule has 0 saturated heterocycles. The summed E-state index contributed by atoms with van der Waals surface area (Å²) in [6, 6.07) is 0. The Bertz CT molecular complexity index is 143. The highest BCUT2D eigenvalue weighted by Crippen LogP contribution is 2.27. The molecule has 4 heteroatoms. The van der Waals surface area contributed by atoms with E-state index in [0.29, 0.717) is 12.8 Å². The molecule has 1 aliphatic carbocycles. The van der Waals surface area contributed by atoms with Crippen LogP contribution < -0.4 is 5.73 Å². The van der Waals surface area contributed by atoms with Crippen LogP contribution in [0.3, 0.4) is 0 Å². The van der Waals surface area contributed by atoms with Gasteiger partial charge in [-0.15, -0.1) is 12.4 Å². The minimum Gasteiger partial charge on any atom is -0.380 e. The summed E-state index contributed by atoms with van der Waals surface area (Å²) < 4.78 is 0. The third-order valence-corrected chi connectivity index (χ3v) is 2.14. The molecule has 1 aliphatic rings. The predicted molar refractivity (Wildman–Crippen MR) is 44.5 cm³/mol. The van der Waals surface area contributed by atoms with Gasteiger partial charge < -0.3 is 10.8 Å². The first-order valence-electron chi connectivity index (χ1n) is 3.67. The zero-order valence-corrected chi connectivity index (χ0v) is 7.19. The Morgan fingerprint density at radius 2 is 1.73 bits per heavy atom. The van der Waals surface area contributed by atoms with Crippen LogP contribution in [0.25, 0.3) is 0 Å². The summed E-state index contributed by atoms with van der Waals surface area (Å²) in [5.41, 5.74) is 3.83. The van der Waals surface area contributed by atoms with Crippen LogP contribution in [0.2, 0.25) is 0 Å². The van der Waals surface area contributed by atoms with Crippen molar-refractivity contribution in [2.24, 2.45) is 5.73 Å². The summed E-state index contributed by atoms with van der Waals surface area (Å²) in [6.07, 6.45) is 4.03. The number of hydrogen-bond acceptors (Lipinski definition) is 2. The minimum absolute atomic E-state index is 0. The molecular formula is C7H14ClNO2. The van der Waals surface area contributed by atoms with E-state index in [1.54, 1.807) is 0 Å². The third kappa shape index (κ3) is 2.34. The number of aliphatic hydroxyl groups is 1. The second-order valence-corrected chi connectivity index (χ2v) is 2.96. The molecule has 3 nitrogen and oxygen atoms in total. The molecule has 3 N–H and O–H groups in total. The first kappa shape index (κ1) is 10.7. The Balaban J connectivity index is 0.000001000. The van der Waals surface area contributed by atoms with Gasteiger partial charge in [-0.25, -0.2) is 0 Å². The van der Waals surface area contributed by atoms with Crippen LogP contribution in [0, 0.1) is 0 Å². The highest BCUT2D eigenvalue weighted by atomic mass is 35.5. The van der Waals surface area contributed by atoms with Crippen LogP contribution in [0.5, 0.6) is 0 Å². The summed E-state index contributed by atoms with van der Waals surface area (Å²) in [7, 11) is 0. The number of amides is 1. The van der Waals surface area contributed by atoms with Gasteiger partial charge in [0.1, 0.15) is 5.60 Å². The molecule has 66 valence electrons. The van der Waals surface area contributed by atoms with Crippen molar-refractivity contribution in [2.45, 2.75) is 37.7 Å². The van der Waals surface area contributed by atoms with E-state index < -0.39 is 11.5 Å². The number of carbonyl (C=O) groups excluding carboxylic acids is 1. The maximum Gasteiger partial charge on any atom is 0.249 e. The molecule has 0 radical (unpaired) electrons. The van der Waals surface area contributed by atoms with Crippen molar-refractivity contribution < 1.29 is 9.90 Å². The molecule has 0 aromatic heterocycles. The zero-order valence-electron chi connectivity index (χ0n) is 6.38. The van der Waals surface area contributed by atoms with E-state index in [9.17, 15) is 9.90 Å². The van der Waals surface area contributed by atoms with Gasteiger partial charge in [0.05, 0.1) is 0 Å². The van der Waals surface area contributed by atoms with Gasteiger partial charge in [-0.2, -0.15) is 0 Å². The van der Waals surface area contributed by atoms with Gasteiger partial charge in [0, 0.05) is 0 Å². The number of halogens is 1. The van der Waals surface area contributed by atoms with E-state index in [-0.39, 0.29) is 12.4 Å². The molecule has 0 atom stereocenters. The SMILES string of the molecule is Cl.NC(=O)C1(O)CCCCC1. The lowest BCUT2D eigenvalue weighted by Crippen LogP contribution is -2.45. The molecule has 1 amide bonds. The molecule has 1 fully saturated rings. The molecule has 0 heterocycles. The molecule has 0 bridgehead atoms. The van der Waals surface area contributed by atoms with Crippen molar-refractivity contribution in [1.82, 2.24) is 0 Å². The Morgan fingerprint density at radius 1 is 1.27 bits per heavy atom. The number of rotatable bonds is 1. The first-order valence-corrected chi connectivity index (χ1v) is 3.67. The second-order valence-electron chi connectivity index (χ2n) is 2.96. The van der Waals surface area contributed by atoms with Crippen molar-refractivity contribution >= 4 is 18.3 Å². The van der Waals surface area contributed by atoms with E-state index in [2.05, 4.69) is 0 Å². The Hall–Kier alpha value is -0.280. The van der Waals surface area contributed by atoms with Crippen LogP contribution in [0.4, 0.5) is 0 Å². The first-order chi connectivity index (χ1) is 4.65. The standard InChI is InChI=1S/C7H13NO2.ClH/c8-6(9)7(10)4-2-1-3-5-7;/h10H,1-5H2,(H2,8,9);1H. The predicted octanol–water partition coefficient (Wildman–Crippen LogP) is 0.589. The van der Waals surface area contributed by atoms with Crippen molar-refractivity contribution in [3.05, 3.63) is 0 Å². The number of carbonyl (C=O) groups is 1. The molecule has 11 heavy (non-hydrogen) atoms. The van der Waals surface area contributed by atoms with Gasteiger partial charge in [-0.3, -0.25) is 4.79 Å². The smallest absolute Gasteiger partial charge is 0.249 e. The summed E-state index contributed by atoms with van der Waals surface area (Å²) in [4.78, 5) is 10.6. The molecule has 0 spiro atoms. The van der Waals surface area contributed by atoms with Gasteiger partial charge in [0.25, 0.3) is 0 Å². The van der Waals surface area contributed by atoms with Gasteiger partial charge in [-0.05, 0) is 12.8 Å². The zero-order chi connectivity index (χ0) is 7.61. The normalized spacial score (nSPS) is 21.9. The lowest BCUT2D eigenvalue weighted by molar-refractivity contribution is -0.139. The summed E-state index contributed by atoms with van der Waals surface area (Å²) >= 11 is 0. The number of nitrogens with two attached hydrogens (primary N) is 1. The number of hydrogen-bond donors (Lipinski definition) is 2. The van der Waals surface area contributed by atoms with Crippen LogP contribution in [-0.4, -0.2) is 16.6 Å². The quantitative estimate of drug-likeness (QED) is 0.619. The average molecular weight is 180 g/mol. The van der Waals surface area contributed by atoms with E-state index in [4.69, 9.17) is 5.73 Å². The second kappa shape index (κ2) is 3.93. The highest BCUT2D eigenvalue weighted by Gasteiger charge is 2.34. The largest absolute Gasteiger partial charge is 0.380 e. The van der Waals surface area contributed by atoms with Gasteiger partial charge in [0.15, 0.2) is 0 Å². The Labute approximate surface area is 72.4 Å². The fourth-order valence-electron chi connectivity index (χ4n) is 1.38. The van der Waals surface area contributed by atoms with E-state index >= 15 is 0 Å². The maximum absolute atomic E-state index is 10.6. The van der Waals surface area contributed by atoms with Crippen molar-refractivity contribution in [2.75, 3.05) is 0 Å². The topological polar surface area (TPSA) is 63.3 Å². The van der Waals surface area contributed by atoms with E-state index in [0.717, 1.165) is 19.3 Å². The third-order valence-electron chi connectivity index (χ3n) is 2.14. The Morgan fingerprint density at radius 3 is 2.00 bits per heavy atom. The average Bonchev–Trinajstić information content (AvgIpc) is 1.89. The van der Waals surface area contributed by atoms with Crippen LogP contribution in [0.15, 0.2) is 0 Å². The lowest BCUT2D eigenvalue weighted by atomic mass is 9.84. The van der Waals surface area contributed by atoms with E-state index in [1.165, 1.54) is 0 Å². The maximum atomic E-state index is 10.6. The molecule has 0 aromatic carbocycles. The van der Waals surface area contributed by atoms with Crippen molar-refractivity contribution in [3.63, 3.8) is 0 Å². The molecule has 0 unspecified atom stereocenters. The minimum atomic E-state index is -1.18. The van der Waals surface area contributed by atoms with Crippen LogP contribution in [-0.2, 0) is 4.79 Å². The monoisotopic (exact) mass is 179 g/mol. The van der Waals surface area contributed by atoms with Crippen molar-refractivity contribution in [3.8, 4) is 0 Å². The fourth-order valence-corrected chi connectivity index (χ4v) is 1.38. The van der Waals surface area contributed by atoms with Gasteiger partial charge in [0.2, 0.25) is 5.91 Å².